The molecule has 17 heavy (non-hydrogen) atoms. The van der Waals surface area contributed by atoms with Gasteiger partial charge in [-0.25, -0.2) is 0 Å². The number of nitrogens with two attached hydrogens (primary N) is 1. The van der Waals surface area contributed by atoms with Crippen molar-refractivity contribution in [2.45, 2.75) is 70.4 Å². The average molecular weight is 241 g/mol. The van der Waals surface area contributed by atoms with Crippen molar-refractivity contribution in [3.63, 3.8) is 0 Å². The van der Waals surface area contributed by atoms with Crippen molar-refractivity contribution in [2.24, 2.45) is 11.8 Å². The van der Waals surface area contributed by atoms with E-state index >= 15 is 0 Å². The third kappa shape index (κ3) is 3.21. The summed E-state index contributed by atoms with van der Waals surface area (Å²) < 4.78 is 0. The van der Waals surface area contributed by atoms with Crippen LogP contribution in [0.4, 0.5) is 0 Å². The first-order valence-corrected chi connectivity index (χ1v) is 7.24. The van der Waals surface area contributed by atoms with Gasteiger partial charge in [0, 0.05) is 11.6 Å². The van der Waals surface area contributed by atoms with Crippen molar-refractivity contribution in [3.8, 4) is 0 Å². The lowest BCUT2D eigenvalue weighted by Crippen LogP contribution is -2.59. The van der Waals surface area contributed by atoms with E-state index in [-0.39, 0.29) is 5.54 Å². The van der Waals surface area contributed by atoms with E-state index in [1.807, 2.05) is 0 Å². The molecule has 1 fully saturated rings. The van der Waals surface area contributed by atoms with Crippen LogP contribution >= 0.6 is 0 Å². The molecule has 3 nitrogen and oxygen atoms in total. The summed E-state index contributed by atoms with van der Waals surface area (Å²) in [5.74, 6) is 6.66. The van der Waals surface area contributed by atoms with Gasteiger partial charge in [-0.15, -0.1) is 0 Å². The molecule has 0 aromatic heterocycles. The van der Waals surface area contributed by atoms with Gasteiger partial charge < -0.3 is 4.90 Å². The van der Waals surface area contributed by atoms with E-state index in [4.69, 9.17) is 5.84 Å². The van der Waals surface area contributed by atoms with Crippen LogP contribution in [0, 0.1) is 5.92 Å². The largest absolute Gasteiger partial charge is 0.302 e. The van der Waals surface area contributed by atoms with Crippen LogP contribution in [0.1, 0.15) is 58.8 Å². The van der Waals surface area contributed by atoms with Crippen LogP contribution in [0.25, 0.3) is 0 Å². The molecule has 1 saturated carbocycles. The first-order chi connectivity index (χ1) is 8.10. The van der Waals surface area contributed by atoms with Gasteiger partial charge in [-0.1, -0.05) is 39.5 Å². The second-order valence-corrected chi connectivity index (χ2v) is 5.84. The standard InChI is InChI=1S/C14H31N3/c1-5-12(6-2)11-13(16-15)14(17(3)4)9-7-8-10-14/h12-13,16H,5-11,15H2,1-4H3. The van der Waals surface area contributed by atoms with Gasteiger partial charge in [0.05, 0.1) is 0 Å². The molecule has 0 radical (unpaired) electrons. The summed E-state index contributed by atoms with van der Waals surface area (Å²) in [6.45, 7) is 4.58. The number of nitrogens with one attached hydrogen (secondary N) is 1. The van der Waals surface area contributed by atoms with Gasteiger partial charge >= 0.3 is 0 Å². The lowest BCUT2D eigenvalue weighted by Gasteiger charge is -2.44. The Morgan fingerprint density at radius 2 is 1.71 bits per heavy atom. The third-order valence-corrected chi connectivity index (χ3v) is 4.93. The Kier molecular flexibility index (Phi) is 5.90. The molecule has 1 unspecified atom stereocenters. The van der Waals surface area contributed by atoms with Crippen LogP contribution in [-0.2, 0) is 0 Å². The molecule has 0 saturated heterocycles. The fourth-order valence-electron chi connectivity index (χ4n) is 3.49. The number of hydrogen-bond donors (Lipinski definition) is 2. The highest BCUT2D eigenvalue weighted by atomic mass is 15.3. The monoisotopic (exact) mass is 241 g/mol. The van der Waals surface area contributed by atoms with Gasteiger partial charge in [0.1, 0.15) is 0 Å². The molecular weight excluding hydrogens is 210 g/mol. The van der Waals surface area contributed by atoms with Gasteiger partial charge in [0.15, 0.2) is 0 Å². The zero-order valence-corrected chi connectivity index (χ0v) is 12.1. The summed E-state index contributed by atoms with van der Waals surface area (Å²) in [6.07, 6.45) is 9.00. The minimum Gasteiger partial charge on any atom is -0.302 e. The molecule has 1 atom stereocenters. The van der Waals surface area contributed by atoms with Crippen LogP contribution in [0.5, 0.6) is 0 Å². The quantitative estimate of drug-likeness (QED) is 0.531. The van der Waals surface area contributed by atoms with Crippen molar-refractivity contribution in [2.75, 3.05) is 14.1 Å². The van der Waals surface area contributed by atoms with Gasteiger partial charge in [-0.3, -0.25) is 11.3 Å². The predicted molar refractivity (Wildman–Crippen MR) is 74.7 cm³/mol. The van der Waals surface area contributed by atoms with Crippen molar-refractivity contribution < 1.29 is 0 Å². The normalized spacial score (nSPS) is 21.4. The van der Waals surface area contributed by atoms with Crippen molar-refractivity contribution in [1.29, 1.82) is 0 Å². The number of hydrazine groups is 1. The van der Waals surface area contributed by atoms with Gasteiger partial charge in [-0.05, 0) is 39.3 Å². The molecule has 3 heteroatoms. The Balaban J connectivity index is 2.75. The van der Waals surface area contributed by atoms with E-state index < -0.39 is 0 Å². The summed E-state index contributed by atoms with van der Waals surface area (Å²) in [5.41, 5.74) is 3.41. The molecule has 0 heterocycles. The maximum absolute atomic E-state index is 5.86. The number of hydrogen-bond acceptors (Lipinski definition) is 3. The van der Waals surface area contributed by atoms with Crippen molar-refractivity contribution >= 4 is 0 Å². The van der Waals surface area contributed by atoms with Gasteiger partial charge in [0.25, 0.3) is 0 Å². The van der Waals surface area contributed by atoms with Crippen LogP contribution in [0.15, 0.2) is 0 Å². The summed E-state index contributed by atoms with van der Waals surface area (Å²) in [5, 5.41) is 0. The van der Waals surface area contributed by atoms with Crippen LogP contribution in [0.3, 0.4) is 0 Å². The van der Waals surface area contributed by atoms with Gasteiger partial charge in [-0.2, -0.15) is 0 Å². The molecule has 1 rings (SSSR count). The molecule has 0 amide bonds. The average Bonchev–Trinajstić information content (AvgIpc) is 2.81. The number of nitrogens with zero attached hydrogens (tertiary/aromatic N) is 1. The second-order valence-electron chi connectivity index (χ2n) is 5.84. The summed E-state index contributed by atoms with van der Waals surface area (Å²) in [7, 11) is 4.42. The lowest BCUT2D eigenvalue weighted by molar-refractivity contribution is 0.0897. The van der Waals surface area contributed by atoms with Crippen molar-refractivity contribution in [3.05, 3.63) is 0 Å². The second kappa shape index (κ2) is 6.72. The van der Waals surface area contributed by atoms with Crippen LogP contribution in [-0.4, -0.2) is 30.6 Å². The Morgan fingerprint density at radius 3 is 2.06 bits per heavy atom. The lowest BCUT2D eigenvalue weighted by atomic mass is 9.80. The third-order valence-electron chi connectivity index (χ3n) is 4.93. The summed E-state index contributed by atoms with van der Waals surface area (Å²) >= 11 is 0. The Morgan fingerprint density at radius 1 is 1.18 bits per heavy atom. The van der Waals surface area contributed by atoms with Gasteiger partial charge in [0.2, 0.25) is 0 Å². The highest BCUT2D eigenvalue weighted by molar-refractivity contribution is 5.01. The molecule has 1 aliphatic rings. The fraction of sp³-hybridized carbons (Fsp3) is 1.00. The molecule has 1 aliphatic carbocycles. The zero-order chi connectivity index (χ0) is 12.9. The molecule has 102 valence electrons. The molecule has 0 aromatic rings. The minimum absolute atomic E-state index is 0.289. The fourth-order valence-corrected chi connectivity index (χ4v) is 3.49. The molecule has 0 spiro atoms. The number of rotatable bonds is 7. The van der Waals surface area contributed by atoms with E-state index in [1.54, 1.807) is 0 Å². The van der Waals surface area contributed by atoms with E-state index in [0.717, 1.165) is 5.92 Å². The van der Waals surface area contributed by atoms with E-state index in [9.17, 15) is 0 Å². The number of likely N-dealkylation sites (N-methyl/N-ethyl adjacent to an activating group) is 1. The molecule has 0 bridgehead atoms. The summed E-state index contributed by atoms with van der Waals surface area (Å²) in [4.78, 5) is 2.41. The molecular formula is C14H31N3. The van der Waals surface area contributed by atoms with Crippen LogP contribution in [0.2, 0.25) is 0 Å². The molecule has 3 N–H and O–H groups in total. The Hall–Kier alpha value is -0.120. The van der Waals surface area contributed by atoms with E-state index in [1.165, 1.54) is 44.9 Å². The first-order valence-electron chi connectivity index (χ1n) is 7.24. The zero-order valence-electron chi connectivity index (χ0n) is 12.1. The molecule has 0 aliphatic heterocycles. The SMILES string of the molecule is CCC(CC)CC(NN)C1(N(C)C)CCCC1. The van der Waals surface area contributed by atoms with Crippen LogP contribution < -0.4 is 11.3 Å². The maximum Gasteiger partial charge on any atom is 0.0397 e. The smallest absolute Gasteiger partial charge is 0.0397 e. The maximum atomic E-state index is 5.86. The highest BCUT2D eigenvalue weighted by Gasteiger charge is 2.43. The Labute approximate surface area is 107 Å². The minimum atomic E-state index is 0.289. The first kappa shape index (κ1) is 14.9. The molecule has 0 aromatic carbocycles. The topological polar surface area (TPSA) is 41.3 Å². The highest BCUT2D eigenvalue weighted by Crippen LogP contribution is 2.39. The van der Waals surface area contributed by atoms with Crippen molar-refractivity contribution in [1.82, 2.24) is 10.3 Å². The predicted octanol–water partition coefficient (Wildman–Crippen LogP) is 2.52. The van der Waals surface area contributed by atoms with E-state index in [2.05, 4.69) is 38.3 Å². The summed E-state index contributed by atoms with van der Waals surface area (Å²) in [6, 6.07) is 0.435. The Bertz CT molecular complexity index is 206. The van der Waals surface area contributed by atoms with E-state index in [0.29, 0.717) is 6.04 Å².